The highest BCUT2D eigenvalue weighted by atomic mass is 32.1. The fraction of sp³-hybridized carbons (Fsp3) is 0.400. The lowest BCUT2D eigenvalue weighted by Gasteiger charge is -2.34. The predicted octanol–water partition coefficient (Wildman–Crippen LogP) is 2.28. The molecule has 1 aromatic heterocycles. The van der Waals surface area contributed by atoms with Crippen molar-refractivity contribution in [1.82, 2.24) is 4.98 Å². The van der Waals surface area contributed by atoms with Crippen molar-refractivity contribution < 1.29 is 9.84 Å². The molecule has 0 aliphatic carbocycles. The molecule has 3 rings (SSSR count). The second-order valence-electron chi connectivity index (χ2n) is 5.24. The van der Waals surface area contributed by atoms with Crippen molar-refractivity contribution in [3.05, 3.63) is 23.1 Å². The van der Waals surface area contributed by atoms with Gasteiger partial charge in [0.2, 0.25) is 0 Å². The van der Waals surface area contributed by atoms with Gasteiger partial charge in [0.1, 0.15) is 11.9 Å². The zero-order valence-electron chi connectivity index (χ0n) is 12.2. The maximum atomic E-state index is 9.25. The Balaban J connectivity index is 2.03. The molecular weight excluding hydrogens is 286 g/mol. The second kappa shape index (κ2) is 5.54. The average molecular weight is 305 g/mol. The number of aryl methyl sites for hydroxylation is 1. The van der Waals surface area contributed by atoms with Gasteiger partial charge in [-0.15, -0.1) is 11.3 Å². The van der Waals surface area contributed by atoms with Gasteiger partial charge in [-0.2, -0.15) is 0 Å². The number of anilines is 2. The highest BCUT2D eigenvalue weighted by Crippen LogP contribution is 2.38. The molecule has 1 aliphatic rings. The quantitative estimate of drug-likeness (QED) is 0.910. The Morgan fingerprint density at radius 1 is 1.52 bits per heavy atom. The van der Waals surface area contributed by atoms with Gasteiger partial charge in [-0.3, -0.25) is 0 Å². The summed E-state index contributed by atoms with van der Waals surface area (Å²) >= 11 is 1.49. The monoisotopic (exact) mass is 305 g/mol. The molecule has 0 saturated heterocycles. The summed E-state index contributed by atoms with van der Waals surface area (Å²) in [6, 6.07) is 6.05. The van der Waals surface area contributed by atoms with Gasteiger partial charge in [0.25, 0.3) is 0 Å². The van der Waals surface area contributed by atoms with Crippen molar-refractivity contribution in [2.24, 2.45) is 0 Å². The number of aliphatic hydroxyl groups excluding tert-OH is 1. The van der Waals surface area contributed by atoms with E-state index < -0.39 is 0 Å². The number of hydrogen-bond donors (Lipinski definition) is 2. The first-order chi connectivity index (χ1) is 10.1. The molecule has 2 heterocycles. The van der Waals surface area contributed by atoms with Crippen LogP contribution in [0.5, 0.6) is 5.75 Å². The molecule has 1 unspecified atom stereocenters. The number of ether oxygens (including phenoxy) is 1. The van der Waals surface area contributed by atoms with Crippen LogP contribution in [0, 0.1) is 6.92 Å². The normalized spacial score (nSPS) is 17.5. The van der Waals surface area contributed by atoms with Crippen molar-refractivity contribution in [3.8, 4) is 17.0 Å². The smallest absolute Gasteiger partial charge is 0.180 e. The zero-order valence-corrected chi connectivity index (χ0v) is 13.0. The molecule has 0 bridgehead atoms. The fourth-order valence-electron chi connectivity index (χ4n) is 2.69. The third-order valence-electron chi connectivity index (χ3n) is 3.56. The Kier molecular flexibility index (Phi) is 3.73. The number of thiazole rings is 1. The zero-order chi connectivity index (χ0) is 15.0. The van der Waals surface area contributed by atoms with Gasteiger partial charge in [0.05, 0.1) is 24.5 Å². The first-order valence-corrected chi connectivity index (χ1v) is 7.80. The number of hydrogen-bond acceptors (Lipinski definition) is 6. The third kappa shape index (κ3) is 2.69. The van der Waals surface area contributed by atoms with E-state index in [-0.39, 0.29) is 12.7 Å². The summed E-state index contributed by atoms with van der Waals surface area (Å²) < 4.78 is 5.87. The van der Waals surface area contributed by atoms with Crippen LogP contribution in [0.3, 0.4) is 0 Å². The van der Waals surface area contributed by atoms with Crippen molar-refractivity contribution in [2.45, 2.75) is 20.0 Å². The summed E-state index contributed by atoms with van der Waals surface area (Å²) in [6.07, 6.45) is 0.117. The van der Waals surface area contributed by atoms with E-state index in [1.54, 1.807) is 0 Å². The molecule has 5 nitrogen and oxygen atoms in total. The van der Waals surface area contributed by atoms with E-state index in [0.29, 0.717) is 11.7 Å². The molecule has 0 amide bonds. The molecule has 6 heteroatoms. The van der Waals surface area contributed by atoms with Crippen molar-refractivity contribution >= 4 is 22.2 Å². The molecule has 1 aromatic carbocycles. The molecular formula is C15H19N3O2S. The highest BCUT2D eigenvalue weighted by Gasteiger charge is 2.23. The molecule has 1 aliphatic heterocycles. The van der Waals surface area contributed by atoms with Crippen LogP contribution in [-0.2, 0) is 0 Å². The molecule has 0 saturated carbocycles. The van der Waals surface area contributed by atoms with Crippen LogP contribution in [0.15, 0.2) is 18.2 Å². The van der Waals surface area contributed by atoms with E-state index in [9.17, 15) is 5.11 Å². The lowest BCUT2D eigenvalue weighted by atomic mass is 10.1. The number of β-amino-alcohol motifs (C(OH)–C–C–N with tert-alkyl or cyclic N) is 1. The molecule has 0 spiro atoms. The molecule has 0 fully saturated rings. The topological polar surface area (TPSA) is 71.6 Å². The van der Waals surface area contributed by atoms with E-state index in [4.69, 9.17) is 10.5 Å². The predicted molar refractivity (Wildman–Crippen MR) is 86.1 cm³/mol. The fourth-order valence-corrected chi connectivity index (χ4v) is 3.40. The number of nitrogen functional groups attached to an aromatic ring is 1. The molecule has 1 atom stereocenters. The number of aromatic nitrogens is 1. The van der Waals surface area contributed by atoms with Crippen LogP contribution in [0.4, 0.5) is 10.8 Å². The van der Waals surface area contributed by atoms with Crippen LogP contribution >= 0.6 is 11.3 Å². The summed E-state index contributed by atoms with van der Waals surface area (Å²) in [4.78, 5) is 7.66. The first kappa shape index (κ1) is 14.2. The average Bonchev–Trinajstić information content (AvgIpc) is 2.77. The summed E-state index contributed by atoms with van der Waals surface area (Å²) in [7, 11) is 0. The third-order valence-corrected chi connectivity index (χ3v) is 4.36. The van der Waals surface area contributed by atoms with Crippen LogP contribution in [0.1, 0.15) is 11.8 Å². The minimum Gasteiger partial charge on any atom is -0.487 e. The number of rotatable bonds is 3. The Bertz CT molecular complexity index is 656. The SMILES string of the molecule is Cc1sc(N)nc1-c1ccc2c(c1)N(CCO)CC(C)O2. The molecule has 2 aromatic rings. The van der Waals surface area contributed by atoms with Gasteiger partial charge in [-0.05, 0) is 32.0 Å². The molecule has 3 N–H and O–H groups in total. The van der Waals surface area contributed by atoms with Crippen molar-refractivity contribution in [3.63, 3.8) is 0 Å². The van der Waals surface area contributed by atoms with Gasteiger partial charge in [0, 0.05) is 17.0 Å². The van der Waals surface area contributed by atoms with E-state index >= 15 is 0 Å². The van der Waals surface area contributed by atoms with Crippen LogP contribution in [0.2, 0.25) is 0 Å². The molecule has 112 valence electrons. The lowest BCUT2D eigenvalue weighted by molar-refractivity contribution is 0.207. The molecule has 0 radical (unpaired) electrons. The van der Waals surface area contributed by atoms with Gasteiger partial charge in [0.15, 0.2) is 5.13 Å². The van der Waals surface area contributed by atoms with E-state index in [1.807, 2.05) is 26.0 Å². The minimum absolute atomic E-state index is 0.117. The van der Waals surface area contributed by atoms with E-state index in [1.165, 1.54) is 11.3 Å². The number of aliphatic hydroxyl groups is 1. The Hall–Kier alpha value is -1.79. The van der Waals surface area contributed by atoms with E-state index in [0.717, 1.165) is 34.1 Å². The van der Waals surface area contributed by atoms with Crippen molar-refractivity contribution in [1.29, 1.82) is 0 Å². The van der Waals surface area contributed by atoms with Gasteiger partial charge < -0.3 is 20.5 Å². The van der Waals surface area contributed by atoms with Crippen LogP contribution < -0.4 is 15.4 Å². The number of fused-ring (bicyclic) bond motifs is 1. The number of nitrogens with zero attached hydrogens (tertiary/aromatic N) is 2. The Morgan fingerprint density at radius 2 is 2.33 bits per heavy atom. The lowest BCUT2D eigenvalue weighted by Crippen LogP contribution is -2.39. The second-order valence-corrected chi connectivity index (χ2v) is 6.47. The Morgan fingerprint density at radius 3 is 3.00 bits per heavy atom. The summed E-state index contributed by atoms with van der Waals surface area (Å²) in [5.74, 6) is 0.854. The number of nitrogens with two attached hydrogens (primary N) is 1. The maximum Gasteiger partial charge on any atom is 0.180 e. The van der Waals surface area contributed by atoms with Crippen LogP contribution in [-0.4, -0.2) is 35.9 Å². The van der Waals surface area contributed by atoms with Gasteiger partial charge in [-0.25, -0.2) is 4.98 Å². The van der Waals surface area contributed by atoms with Crippen LogP contribution in [0.25, 0.3) is 11.3 Å². The number of benzene rings is 1. The first-order valence-electron chi connectivity index (χ1n) is 6.98. The maximum absolute atomic E-state index is 9.25. The summed E-state index contributed by atoms with van der Waals surface area (Å²) in [6.45, 7) is 5.55. The minimum atomic E-state index is 0.117. The summed E-state index contributed by atoms with van der Waals surface area (Å²) in [5.41, 5.74) is 8.74. The summed E-state index contributed by atoms with van der Waals surface area (Å²) in [5, 5.41) is 9.84. The van der Waals surface area contributed by atoms with Gasteiger partial charge >= 0.3 is 0 Å². The molecule has 21 heavy (non-hydrogen) atoms. The Labute approximate surface area is 128 Å². The van der Waals surface area contributed by atoms with Gasteiger partial charge in [-0.1, -0.05) is 0 Å². The standard InChI is InChI=1S/C15H19N3O2S/c1-9-8-18(5-6-19)12-7-11(3-4-13(12)20-9)14-10(2)21-15(16)17-14/h3-4,7,9,19H,5-6,8H2,1-2H3,(H2,16,17). The van der Waals surface area contributed by atoms with E-state index in [2.05, 4.69) is 16.0 Å². The van der Waals surface area contributed by atoms with Crippen molar-refractivity contribution in [2.75, 3.05) is 30.3 Å². The highest BCUT2D eigenvalue weighted by molar-refractivity contribution is 7.15. The largest absolute Gasteiger partial charge is 0.487 e.